The van der Waals surface area contributed by atoms with Crippen molar-refractivity contribution in [3.8, 4) is 0 Å². The van der Waals surface area contributed by atoms with E-state index in [0.717, 1.165) is 36.7 Å². The molecule has 15 heavy (non-hydrogen) atoms. The number of rotatable bonds is 6. The van der Waals surface area contributed by atoms with Gasteiger partial charge in [-0.25, -0.2) is 0 Å². The van der Waals surface area contributed by atoms with Crippen molar-refractivity contribution in [2.45, 2.75) is 19.8 Å². The van der Waals surface area contributed by atoms with Crippen LogP contribution in [0.2, 0.25) is 0 Å². The molecule has 0 saturated heterocycles. The maximum absolute atomic E-state index is 9.25. The zero-order valence-corrected chi connectivity index (χ0v) is 10.0. The van der Waals surface area contributed by atoms with Crippen LogP contribution in [0.5, 0.6) is 0 Å². The monoisotopic (exact) mass is 224 g/mol. The van der Waals surface area contributed by atoms with Crippen LogP contribution in [0.25, 0.3) is 0 Å². The molecule has 0 saturated carbocycles. The molecule has 0 spiro atoms. The van der Waals surface area contributed by atoms with E-state index < -0.39 is 9.28 Å². The maximum atomic E-state index is 9.25. The summed E-state index contributed by atoms with van der Waals surface area (Å²) in [6.45, 7) is 4.04. The lowest BCUT2D eigenvalue weighted by Crippen LogP contribution is -2.33. The topological polar surface area (TPSA) is 52.5 Å². The largest absolute Gasteiger partial charge is 0.418 e. The number of benzene rings is 1. The lowest BCUT2D eigenvalue weighted by atomic mass is 10.1. The summed E-state index contributed by atoms with van der Waals surface area (Å²) in [5.41, 5.74) is 1.06. The highest BCUT2D eigenvalue weighted by Gasteiger charge is 2.12. The summed E-state index contributed by atoms with van der Waals surface area (Å²) in [4.78, 5) is 18.5. The van der Waals surface area contributed by atoms with Crippen LogP contribution in [0.4, 0.5) is 0 Å². The maximum Gasteiger partial charge on any atom is 0.418 e. The van der Waals surface area contributed by atoms with E-state index in [1.54, 1.807) is 6.07 Å². The van der Waals surface area contributed by atoms with Gasteiger partial charge in [0.15, 0.2) is 0 Å². The summed E-state index contributed by atoms with van der Waals surface area (Å²) in [6, 6.07) is 7.56. The second-order valence-corrected chi connectivity index (χ2v) is 4.62. The van der Waals surface area contributed by atoms with Gasteiger partial charge >= 0.3 is 9.28 Å². The molecule has 3 nitrogen and oxygen atoms in total. The SMILES string of the molecule is CCNCCCc1ccccc1[Si](O)O. The minimum absolute atomic E-state index is 0.721. The molecular formula is C11H18NO2Si. The van der Waals surface area contributed by atoms with E-state index in [9.17, 15) is 9.59 Å². The molecule has 1 radical (unpaired) electrons. The molecule has 0 heterocycles. The highest BCUT2D eigenvalue weighted by molar-refractivity contribution is 6.59. The quantitative estimate of drug-likeness (QED) is 0.467. The van der Waals surface area contributed by atoms with Crippen molar-refractivity contribution in [2.24, 2.45) is 0 Å². The first-order valence-corrected chi connectivity index (χ1v) is 6.69. The third-order valence-corrected chi connectivity index (χ3v) is 3.28. The van der Waals surface area contributed by atoms with Crippen LogP contribution in [0.3, 0.4) is 0 Å². The Morgan fingerprint density at radius 1 is 1.27 bits per heavy atom. The van der Waals surface area contributed by atoms with Crippen molar-refractivity contribution in [3.63, 3.8) is 0 Å². The number of hydrogen-bond acceptors (Lipinski definition) is 3. The summed E-state index contributed by atoms with van der Waals surface area (Å²) in [6.07, 6.45) is 1.93. The molecule has 0 aliphatic rings. The summed E-state index contributed by atoms with van der Waals surface area (Å²) >= 11 is 0. The molecule has 0 aliphatic carbocycles. The van der Waals surface area contributed by atoms with E-state index >= 15 is 0 Å². The van der Waals surface area contributed by atoms with Crippen molar-refractivity contribution in [3.05, 3.63) is 29.8 Å². The number of hydrogen-bond donors (Lipinski definition) is 3. The van der Waals surface area contributed by atoms with Gasteiger partial charge in [-0.3, -0.25) is 0 Å². The van der Waals surface area contributed by atoms with Crippen molar-refractivity contribution in [2.75, 3.05) is 13.1 Å². The van der Waals surface area contributed by atoms with Crippen molar-refractivity contribution < 1.29 is 9.59 Å². The van der Waals surface area contributed by atoms with E-state index in [-0.39, 0.29) is 0 Å². The van der Waals surface area contributed by atoms with E-state index in [1.165, 1.54) is 0 Å². The fourth-order valence-electron chi connectivity index (χ4n) is 1.54. The summed E-state index contributed by atoms with van der Waals surface area (Å²) in [5.74, 6) is 0. The molecule has 3 N–H and O–H groups in total. The predicted octanol–water partition coefficient (Wildman–Crippen LogP) is -0.0915. The molecule has 0 amide bonds. The molecule has 4 heteroatoms. The molecule has 83 valence electrons. The highest BCUT2D eigenvalue weighted by atomic mass is 28.3. The Labute approximate surface area is 92.6 Å². The van der Waals surface area contributed by atoms with Crippen molar-refractivity contribution >= 4 is 14.5 Å². The zero-order valence-electron chi connectivity index (χ0n) is 9.03. The van der Waals surface area contributed by atoms with Crippen LogP contribution in [0, 0.1) is 0 Å². The molecule has 0 aromatic heterocycles. The fourth-order valence-corrected chi connectivity index (χ4v) is 2.28. The third kappa shape index (κ3) is 4.13. The van der Waals surface area contributed by atoms with E-state index in [4.69, 9.17) is 0 Å². The van der Waals surface area contributed by atoms with Crippen LogP contribution in [0.15, 0.2) is 24.3 Å². The van der Waals surface area contributed by atoms with Gasteiger partial charge in [0.25, 0.3) is 0 Å². The number of nitrogens with one attached hydrogen (secondary N) is 1. The normalized spacial score (nSPS) is 10.9. The van der Waals surface area contributed by atoms with E-state index in [1.807, 2.05) is 18.2 Å². The fraction of sp³-hybridized carbons (Fsp3) is 0.455. The Kier molecular flexibility index (Phi) is 5.56. The van der Waals surface area contributed by atoms with Gasteiger partial charge in [0, 0.05) is 0 Å². The standard InChI is InChI=1S/C11H18NO2Si/c1-2-12-9-5-7-10-6-3-4-8-11(10)15(13)14/h3-4,6,8,12-14H,2,5,7,9H2,1H3. The minimum atomic E-state index is -2.30. The van der Waals surface area contributed by atoms with E-state index in [0.29, 0.717) is 0 Å². The molecule has 0 fully saturated rings. The first-order chi connectivity index (χ1) is 7.25. The summed E-state index contributed by atoms with van der Waals surface area (Å²) < 4.78 is 0. The van der Waals surface area contributed by atoms with Crippen LogP contribution >= 0.6 is 0 Å². The Hall–Kier alpha value is -0.683. The molecule has 1 aromatic rings. The molecule has 0 unspecified atom stereocenters. The molecular weight excluding hydrogens is 206 g/mol. The Balaban J connectivity index is 2.52. The minimum Gasteiger partial charge on any atom is -0.406 e. The van der Waals surface area contributed by atoms with Gasteiger partial charge in [-0.15, -0.1) is 0 Å². The summed E-state index contributed by atoms with van der Waals surface area (Å²) in [7, 11) is -2.30. The lowest BCUT2D eigenvalue weighted by Gasteiger charge is -2.08. The Morgan fingerprint density at radius 2 is 2.00 bits per heavy atom. The van der Waals surface area contributed by atoms with Gasteiger partial charge < -0.3 is 14.9 Å². The molecule has 1 aromatic carbocycles. The third-order valence-electron chi connectivity index (χ3n) is 2.31. The van der Waals surface area contributed by atoms with Gasteiger partial charge in [-0.05, 0) is 36.7 Å². The first-order valence-electron chi connectivity index (χ1n) is 5.29. The highest BCUT2D eigenvalue weighted by Crippen LogP contribution is 2.00. The van der Waals surface area contributed by atoms with Crippen LogP contribution in [-0.2, 0) is 6.42 Å². The van der Waals surface area contributed by atoms with Gasteiger partial charge in [0.2, 0.25) is 0 Å². The predicted molar refractivity (Wildman–Crippen MR) is 63.1 cm³/mol. The van der Waals surface area contributed by atoms with Gasteiger partial charge in [0.1, 0.15) is 0 Å². The lowest BCUT2D eigenvalue weighted by molar-refractivity contribution is 0.425. The number of aryl methyl sites for hydroxylation is 1. The molecule has 0 aliphatic heterocycles. The smallest absolute Gasteiger partial charge is 0.406 e. The second-order valence-electron chi connectivity index (χ2n) is 3.44. The Morgan fingerprint density at radius 3 is 2.67 bits per heavy atom. The molecule has 1 rings (SSSR count). The van der Waals surface area contributed by atoms with Crippen LogP contribution in [0.1, 0.15) is 18.9 Å². The molecule has 0 atom stereocenters. The second kappa shape index (κ2) is 6.74. The van der Waals surface area contributed by atoms with Gasteiger partial charge in [0.05, 0.1) is 0 Å². The average molecular weight is 224 g/mol. The molecule has 0 bridgehead atoms. The van der Waals surface area contributed by atoms with E-state index in [2.05, 4.69) is 12.2 Å². The zero-order chi connectivity index (χ0) is 11.1. The van der Waals surface area contributed by atoms with Gasteiger partial charge in [-0.1, -0.05) is 31.2 Å². The summed E-state index contributed by atoms with van der Waals surface area (Å²) in [5, 5.41) is 3.97. The van der Waals surface area contributed by atoms with Crippen molar-refractivity contribution in [1.82, 2.24) is 5.32 Å². The average Bonchev–Trinajstić information content (AvgIpc) is 2.25. The first kappa shape index (κ1) is 12.4. The Bertz CT molecular complexity index is 292. The van der Waals surface area contributed by atoms with Crippen LogP contribution < -0.4 is 10.5 Å². The van der Waals surface area contributed by atoms with Crippen LogP contribution in [-0.4, -0.2) is 32.0 Å². The van der Waals surface area contributed by atoms with Gasteiger partial charge in [-0.2, -0.15) is 0 Å². The van der Waals surface area contributed by atoms with Crippen molar-refractivity contribution in [1.29, 1.82) is 0 Å².